The predicted molar refractivity (Wildman–Crippen MR) is 116 cm³/mol. The van der Waals surface area contributed by atoms with Crippen molar-refractivity contribution in [1.29, 1.82) is 0 Å². The molecule has 0 saturated heterocycles. The second kappa shape index (κ2) is 8.20. The highest BCUT2D eigenvalue weighted by Gasteiger charge is 2.25. The first kappa shape index (κ1) is 20.0. The summed E-state index contributed by atoms with van der Waals surface area (Å²) in [5.41, 5.74) is 4.96. The largest absolute Gasteiger partial charge is 0.423 e. The van der Waals surface area contributed by atoms with Gasteiger partial charge < -0.3 is 24.3 Å². The highest BCUT2D eigenvalue weighted by molar-refractivity contribution is 5.98. The molecule has 0 aliphatic carbocycles. The third kappa shape index (κ3) is 3.76. The molecule has 0 unspecified atom stereocenters. The second-order valence-electron chi connectivity index (χ2n) is 7.43. The normalized spacial score (nSPS) is 13.3. The Morgan fingerprint density at radius 1 is 1.20 bits per heavy atom. The minimum Gasteiger partial charge on any atom is -0.423 e. The molecule has 0 fully saturated rings. The van der Waals surface area contributed by atoms with Crippen molar-refractivity contribution in [1.82, 2.24) is 4.57 Å². The molecular formula is C23H25N3O4. The Morgan fingerprint density at radius 2 is 2.00 bits per heavy atom. The maximum atomic E-state index is 12.7. The summed E-state index contributed by atoms with van der Waals surface area (Å²) in [6.07, 6.45) is 0. The molecule has 7 heteroatoms. The van der Waals surface area contributed by atoms with Gasteiger partial charge in [-0.1, -0.05) is 12.1 Å². The highest BCUT2D eigenvalue weighted by atomic mass is 16.5. The number of benzene rings is 2. The molecule has 1 aliphatic heterocycles. The molecule has 1 N–H and O–H groups in total. The van der Waals surface area contributed by atoms with Gasteiger partial charge in [-0.2, -0.15) is 0 Å². The lowest BCUT2D eigenvalue weighted by atomic mass is 10.1. The van der Waals surface area contributed by atoms with Gasteiger partial charge in [-0.05, 0) is 49.7 Å². The Hall–Kier alpha value is -3.32. The van der Waals surface area contributed by atoms with Crippen LogP contribution in [0.4, 0.5) is 11.4 Å². The molecule has 3 aromatic rings. The number of methoxy groups -OCH3 is 1. The van der Waals surface area contributed by atoms with E-state index in [1.54, 1.807) is 24.1 Å². The summed E-state index contributed by atoms with van der Waals surface area (Å²) >= 11 is 0. The monoisotopic (exact) mass is 407 g/mol. The fourth-order valence-corrected chi connectivity index (χ4v) is 3.91. The van der Waals surface area contributed by atoms with Crippen molar-refractivity contribution in [2.45, 2.75) is 20.4 Å². The van der Waals surface area contributed by atoms with E-state index < -0.39 is 0 Å². The van der Waals surface area contributed by atoms with E-state index in [9.17, 15) is 9.59 Å². The van der Waals surface area contributed by atoms with Crippen molar-refractivity contribution in [3.63, 3.8) is 0 Å². The Kier molecular flexibility index (Phi) is 5.46. The molecule has 2 heterocycles. The summed E-state index contributed by atoms with van der Waals surface area (Å²) in [6, 6.07) is 13.1. The van der Waals surface area contributed by atoms with Gasteiger partial charge >= 0.3 is 5.97 Å². The number of ether oxygens (including phenoxy) is 2. The molecule has 0 radical (unpaired) electrons. The van der Waals surface area contributed by atoms with Gasteiger partial charge in [0.15, 0.2) is 5.75 Å². The van der Waals surface area contributed by atoms with Crippen LogP contribution in [0.1, 0.15) is 11.3 Å². The summed E-state index contributed by atoms with van der Waals surface area (Å²) in [7, 11) is 1.70. The van der Waals surface area contributed by atoms with E-state index in [1.807, 2.05) is 30.3 Å². The van der Waals surface area contributed by atoms with Crippen molar-refractivity contribution in [2.24, 2.45) is 0 Å². The first-order valence-corrected chi connectivity index (χ1v) is 9.91. The molecule has 0 bridgehead atoms. The first-order chi connectivity index (χ1) is 14.5. The van der Waals surface area contributed by atoms with Crippen molar-refractivity contribution >= 4 is 34.2 Å². The number of hydrogen-bond donors (Lipinski definition) is 1. The maximum Gasteiger partial charge on any atom is 0.331 e. The molecule has 156 valence electrons. The molecule has 0 saturated carbocycles. The Bertz CT molecular complexity index is 1120. The van der Waals surface area contributed by atoms with Crippen LogP contribution in [0.3, 0.4) is 0 Å². The summed E-state index contributed by atoms with van der Waals surface area (Å²) < 4.78 is 12.7. The number of para-hydroxylation sites is 2. The molecule has 1 aliphatic rings. The lowest BCUT2D eigenvalue weighted by molar-refractivity contribution is -0.133. The van der Waals surface area contributed by atoms with Gasteiger partial charge in [0.05, 0.1) is 18.8 Å². The molecule has 1 amide bonds. The summed E-state index contributed by atoms with van der Waals surface area (Å²) in [4.78, 5) is 26.3. The van der Waals surface area contributed by atoms with Gasteiger partial charge in [-0.3, -0.25) is 4.79 Å². The van der Waals surface area contributed by atoms with Crippen LogP contribution in [0.5, 0.6) is 5.75 Å². The van der Waals surface area contributed by atoms with Crippen LogP contribution in [0.2, 0.25) is 0 Å². The van der Waals surface area contributed by atoms with Crippen LogP contribution in [0, 0.1) is 13.8 Å². The van der Waals surface area contributed by atoms with Gasteiger partial charge in [-0.15, -0.1) is 0 Å². The minimum atomic E-state index is -0.369. The van der Waals surface area contributed by atoms with Gasteiger partial charge in [-0.25, -0.2) is 4.79 Å². The maximum absolute atomic E-state index is 12.7. The molecule has 4 rings (SSSR count). The number of anilines is 2. The van der Waals surface area contributed by atoms with Crippen molar-refractivity contribution in [3.8, 4) is 5.75 Å². The van der Waals surface area contributed by atoms with Crippen LogP contribution < -0.4 is 15.0 Å². The van der Waals surface area contributed by atoms with Crippen LogP contribution >= 0.6 is 0 Å². The summed E-state index contributed by atoms with van der Waals surface area (Å²) in [6.45, 7) is 5.71. The SMILES string of the molecule is COCCn1c(C)c(C)c2cc(NC(=O)CN3CC(=O)Oc4ccccc43)ccc21. The van der Waals surface area contributed by atoms with Crippen LogP contribution in [-0.2, 0) is 20.9 Å². The van der Waals surface area contributed by atoms with E-state index in [0.717, 1.165) is 28.8 Å². The molecule has 2 aromatic carbocycles. The average molecular weight is 407 g/mol. The molecule has 0 atom stereocenters. The fourth-order valence-electron chi connectivity index (χ4n) is 3.91. The lowest BCUT2D eigenvalue weighted by Gasteiger charge is -2.29. The Labute approximate surface area is 175 Å². The molecule has 0 spiro atoms. The number of nitrogens with one attached hydrogen (secondary N) is 1. The third-order valence-corrected chi connectivity index (χ3v) is 5.53. The number of nitrogens with zero attached hydrogens (tertiary/aromatic N) is 2. The van der Waals surface area contributed by atoms with Crippen molar-refractivity contribution in [3.05, 3.63) is 53.7 Å². The number of aryl methyl sites for hydroxylation is 1. The number of aromatic nitrogens is 1. The van der Waals surface area contributed by atoms with Gasteiger partial charge in [0, 0.05) is 35.9 Å². The van der Waals surface area contributed by atoms with E-state index in [-0.39, 0.29) is 25.0 Å². The van der Waals surface area contributed by atoms with Crippen molar-refractivity contribution in [2.75, 3.05) is 37.0 Å². The second-order valence-corrected chi connectivity index (χ2v) is 7.43. The van der Waals surface area contributed by atoms with Gasteiger partial charge in [0.25, 0.3) is 0 Å². The average Bonchev–Trinajstić information content (AvgIpc) is 2.96. The van der Waals surface area contributed by atoms with E-state index >= 15 is 0 Å². The highest BCUT2D eigenvalue weighted by Crippen LogP contribution is 2.31. The smallest absolute Gasteiger partial charge is 0.331 e. The zero-order chi connectivity index (χ0) is 21.3. The third-order valence-electron chi connectivity index (χ3n) is 5.53. The van der Waals surface area contributed by atoms with Gasteiger partial charge in [0.1, 0.15) is 6.54 Å². The number of amides is 1. The van der Waals surface area contributed by atoms with E-state index in [2.05, 4.69) is 23.7 Å². The number of fused-ring (bicyclic) bond motifs is 2. The van der Waals surface area contributed by atoms with E-state index in [0.29, 0.717) is 12.4 Å². The number of rotatable bonds is 6. The molecular weight excluding hydrogens is 382 g/mol. The Morgan fingerprint density at radius 3 is 2.80 bits per heavy atom. The summed E-state index contributed by atoms with van der Waals surface area (Å²) in [5, 5.41) is 4.06. The fraction of sp³-hybridized carbons (Fsp3) is 0.304. The predicted octanol–water partition coefficient (Wildman–Crippen LogP) is 3.27. The molecule has 1 aromatic heterocycles. The van der Waals surface area contributed by atoms with Crippen LogP contribution in [0.15, 0.2) is 42.5 Å². The van der Waals surface area contributed by atoms with Gasteiger partial charge in [0.2, 0.25) is 5.91 Å². The number of carbonyl (C=O) groups excluding carboxylic acids is 2. The number of carbonyl (C=O) groups is 2. The number of esters is 1. The summed E-state index contributed by atoms with van der Waals surface area (Å²) in [5.74, 6) is -0.0788. The quantitative estimate of drug-likeness (QED) is 0.502. The Balaban J connectivity index is 1.53. The van der Waals surface area contributed by atoms with E-state index in [4.69, 9.17) is 9.47 Å². The molecule has 7 nitrogen and oxygen atoms in total. The van der Waals surface area contributed by atoms with Crippen LogP contribution in [0.25, 0.3) is 10.9 Å². The van der Waals surface area contributed by atoms with Crippen LogP contribution in [-0.4, -0.2) is 43.2 Å². The zero-order valence-electron chi connectivity index (χ0n) is 17.4. The minimum absolute atomic E-state index is 0.0458. The topological polar surface area (TPSA) is 72.8 Å². The molecule has 30 heavy (non-hydrogen) atoms. The standard InChI is InChI=1S/C23H25N3O4/c1-15-16(2)26(10-11-29-3)19-9-8-17(12-18(15)19)24-22(27)13-25-14-23(28)30-21-7-5-4-6-20(21)25/h4-9,12H,10-11,13-14H2,1-3H3,(H,24,27). The van der Waals surface area contributed by atoms with E-state index in [1.165, 1.54) is 11.3 Å². The first-order valence-electron chi connectivity index (χ1n) is 9.91. The van der Waals surface area contributed by atoms with Crippen molar-refractivity contribution < 1.29 is 19.1 Å². The number of hydrogen-bond acceptors (Lipinski definition) is 5. The lowest BCUT2D eigenvalue weighted by Crippen LogP contribution is -2.41. The zero-order valence-corrected chi connectivity index (χ0v) is 17.4.